The number of aromatic nitrogens is 1. The normalized spacial score (nSPS) is 12.5. The average molecular weight is 863 g/mol. The second-order valence-corrected chi connectivity index (χ2v) is 15.1. The number of hydrogen-bond donors (Lipinski definition) is 1. The van der Waals surface area contributed by atoms with Crippen molar-refractivity contribution in [2.45, 2.75) is 100 Å². The fourth-order valence-electron chi connectivity index (χ4n) is 6.37. The first-order chi connectivity index (χ1) is 23.7. The Hall–Kier alpha value is -3.99. The van der Waals surface area contributed by atoms with E-state index in [1.807, 2.05) is 72.9 Å². The zero-order valence-corrected chi connectivity index (χ0v) is 34.2. The van der Waals surface area contributed by atoms with Crippen molar-refractivity contribution in [3.63, 3.8) is 0 Å². The predicted molar refractivity (Wildman–Crippen MR) is 208 cm³/mol. The van der Waals surface area contributed by atoms with E-state index in [-0.39, 0.29) is 47.9 Å². The van der Waals surface area contributed by atoms with Crippen molar-refractivity contribution >= 4 is 38.5 Å². The second kappa shape index (κ2) is 15.7. The first-order valence-corrected chi connectivity index (χ1v) is 18.0. The number of carbonyl (C=O) groups is 1. The van der Waals surface area contributed by atoms with Crippen LogP contribution >= 0.6 is 0 Å². The number of fused-ring (bicyclic) bond motifs is 3. The van der Waals surface area contributed by atoms with Gasteiger partial charge >= 0.3 is 0 Å². The van der Waals surface area contributed by atoms with Gasteiger partial charge < -0.3 is 13.9 Å². The molecule has 0 unspecified atom stereocenters. The number of furan rings is 2. The molecule has 3 aromatic heterocycles. The minimum absolute atomic E-state index is 0. The third-order valence-electron chi connectivity index (χ3n) is 10.8. The van der Waals surface area contributed by atoms with Gasteiger partial charge in [0.25, 0.3) is 0 Å². The number of ketones is 1. The molecule has 1 radical (unpaired) electrons. The number of pyridine rings is 1. The maximum Gasteiger partial charge on any atom is 0.164 e. The quantitative estimate of drug-likeness (QED) is 0.0890. The number of benzene rings is 3. The summed E-state index contributed by atoms with van der Waals surface area (Å²) >= 11 is 0. The van der Waals surface area contributed by atoms with Crippen LogP contribution in [0.2, 0.25) is 0 Å². The Morgan fingerprint density at radius 3 is 2.08 bits per heavy atom. The molecule has 271 valence electrons. The number of allylic oxidation sites excluding steroid dienone is 2. The SMILES string of the molecule is CCC(C)(CC)C(=O)/C=C(\O)C(C)(CC)CC.Cc1cc2c(-c3cc4c(-c5[c-]c6ccccc6c(C(C)(C)C)c5)nccc4o3)cccc2o1.[Ir]. The van der Waals surface area contributed by atoms with Crippen LogP contribution in [0.1, 0.15) is 99.3 Å². The third kappa shape index (κ3) is 8.08. The van der Waals surface area contributed by atoms with Crippen LogP contribution in [0.4, 0.5) is 0 Å². The zero-order chi connectivity index (χ0) is 36.4. The molecule has 0 aliphatic rings. The Morgan fingerprint density at radius 2 is 1.43 bits per heavy atom. The van der Waals surface area contributed by atoms with Gasteiger partial charge in [0.1, 0.15) is 28.4 Å². The summed E-state index contributed by atoms with van der Waals surface area (Å²) in [5.74, 6) is 1.98. The summed E-state index contributed by atoms with van der Waals surface area (Å²) in [7, 11) is 0. The molecule has 0 saturated heterocycles. The van der Waals surface area contributed by atoms with Gasteiger partial charge in [0, 0.05) is 65.2 Å². The Morgan fingerprint density at radius 1 is 0.784 bits per heavy atom. The second-order valence-electron chi connectivity index (χ2n) is 15.1. The van der Waals surface area contributed by atoms with Gasteiger partial charge in [-0.3, -0.25) is 9.78 Å². The van der Waals surface area contributed by atoms with Gasteiger partial charge in [0.15, 0.2) is 5.78 Å². The first-order valence-electron chi connectivity index (χ1n) is 18.0. The van der Waals surface area contributed by atoms with Crippen LogP contribution in [0.25, 0.3) is 55.3 Å². The molecule has 6 rings (SSSR count). The van der Waals surface area contributed by atoms with Crippen LogP contribution in [0, 0.1) is 23.8 Å². The van der Waals surface area contributed by atoms with Crippen molar-refractivity contribution in [1.29, 1.82) is 0 Å². The van der Waals surface area contributed by atoms with Gasteiger partial charge in [-0.25, -0.2) is 0 Å². The Labute approximate surface area is 316 Å². The third-order valence-corrected chi connectivity index (χ3v) is 10.8. The molecule has 0 atom stereocenters. The van der Waals surface area contributed by atoms with Crippen LogP contribution in [-0.2, 0) is 30.3 Å². The number of rotatable bonds is 9. The fourth-order valence-corrected chi connectivity index (χ4v) is 6.37. The van der Waals surface area contributed by atoms with E-state index in [1.165, 1.54) is 17.0 Å². The number of aliphatic hydroxyl groups excluding tert-OH is 1. The molecule has 3 heterocycles. The number of hydrogen-bond acceptors (Lipinski definition) is 5. The van der Waals surface area contributed by atoms with E-state index in [9.17, 15) is 9.90 Å². The van der Waals surface area contributed by atoms with Crippen LogP contribution < -0.4 is 0 Å². The van der Waals surface area contributed by atoms with Gasteiger partial charge in [0.2, 0.25) is 0 Å². The van der Waals surface area contributed by atoms with Gasteiger partial charge in [-0.15, -0.1) is 29.1 Å². The van der Waals surface area contributed by atoms with Crippen LogP contribution in [0.3, 0.4) is 0 Å². The number of nitrogens with zero attached hydrogens (tertiary/aromatic N) is 1. The zero-order valence-electron chi connectivity index (χ0n) is 31.8. The van der Waals surface area contributed by atoms with Gasteiger partial charge in [-0.05, 0) is 62.3 Å². The first kappa shape index (κ1) is 39.8. The van der Waals surface area contributed by atoms with Crippen molar-refractivity contribution < 1.29 is 38.8 Å². The summed E-state index contributed by atoms with van der Waals surface area (Å²) in [5, 5.41) is 14.5. The summed E-state index contributed by atoms with van der Waals surface area (Å²) in [6, 6.07) is 26.4. The summed E-state index contributed by atoms with van der Waals surface area (Å²) in [6.45, 7) is 20.8. The Balaban J connectivity index is 0.000000279. The van der Waals surface area contributed by atoms with E-state index in [0.29, 0.717) is 0 Å². The molecule has 6 heteroatoms. The summed E-state index contributed by atoms with van der Waals surface area (Å²) in [4.78, 5) is 17.0. The topological polar surface area (TPSA) is 76.5 Å². The van der Waals surface area contributed by atoms with Crippen LogP contribution in [0.15, 0.2) is 93.6 Å². The summed E-state index contributed by atoms with van der Waals surface area (Å²) in [5.41, 5.74) is 5.23. The van der Waals surface area contributed by atoms with Crippen molar-refractivity contribution in [2.75, 3.05) is 0 Å². The van der Waals surface area contributed by atoms with Gasteiger partial charge in [-0.2, -0.15) is 0 Å². The molecule has 3 aromatic carbocycles. The maximum atomic E-state index is 12.2. The van der Waals surface area contributed by atoms with Gasteiger partial charge in [0.05, 0.1) is 0 Å². The van der Waals surface area contributed by atoms with E-state index < -0.39 is 0 Å². The fraction of sp³-hybridized carbons (Fsp3) is 0.378. The monoisotopic (exact) mass is 863 g/mol. The molecule has 0 bridgehead atoms. The minimum Gasteiger partial charge on any atom is -0.512 e. The molecule has 0 aliphatic carbocycles. The van der Waals surface area contributed by atoms with E-state index >= 15 is 0 Å². The van der Waals surface area contributed by atoms with E-state index in [0.717, 1.165) is 81.3 Å². The summed E-state index contributed by atoms with van der Waals surface area (Å²) < 4.78 is 12.1. The largest absolute Gasteiger partial charge is 0.512 e. The van der Waals surface area contributed by atoms with Gasteiger partial charge in [-0.1, -0.05) is 104 Å². The number of aryl methyl sites for hydroxylation is 1. The molecule has 0 fully saturated rings. The minimum atomic E-state index is -0.337. The molecule has 0 saturated carbocycles. The van der Waals surface area contributed by atoms with E-state index in [4.69, 9.17) is 13.8 Å². The summed E-state index contributed by atoms with van der Waals surface area (Å²) in [6.07, 6.45) is 6.57. The van der Waals surface area contributed by atoms with Crippen molar-refractivity contribution in [3.05, 3.63) is 102 Å². The van der Waals surface area contributed by atoms with E-state index in [2.05, 4.69) is 75.4 Å². The molecule has 1 N–H and O–H groups in total. The predicted octanol–water partition coefficient (Wildman–Crippen LogP) is 13.1. The molecule has 0 amide bonds. The molecule has 51 heavy (non-hydrogen) atoms. The number of carbonyl (C=O) groups excluding carboxylic acids is 1. The molecule has 6 aromatic rings. The molecule has 0 aliphatic heterocycles. The maximum absolute atomic E-state index is 12.2. The molecular formula is C45H52IrNO4-. The Bertz CT molecular complexity index is 2170. The Kier molecular flexibility index (Phi) is 12.3. The van der Waals surface area contributed by atoms with Crippen molar-refractivity contribution in [2.24, 2.45) is 10.8 Å². The van der Waals surface area contributed by atoms with Crippen LogP contribution in [-0.4, -0.2) is 15.9 Å². The van der Waals surface area contributed by atoms with Crippen molar-refractivity contribution in [1.82, 2.24) is 4.98 Å². The molecular weight excluding hydrogens is 811 g/mol. The van der Waals surface area contributed by atoms with E-state index in [1.54, 1.807) is 0 Å². The van der Waals surface area contributed by atoms with Crippen LogP contribution in [0.5, 0.6) is 0 Å². The van der Waals surface area contributed by atoms with Crippen molar-refractivity contribution in [3.8, 4) is 22.6 Å². The average Bonchev–Trinajstić information content (AvgIpc) is 3.73. The molecule has 0 spiro atoms. The number of aliphatic hydroxyl groups is 1. The molecule has 5 nitrogen and oxygen atoms in total. The smallest absolute Gasteiger partial charge is 0.164 e. The standard InChI is InChI=1S/C30H24NO2.C15H28O2.Ir/c1-18-14-23-22(10-7-11-26(23)32-18)28-17-24-27(33-28)12-13-31-29(24)20-15-19-8-5-6-9-21(19)25(16-20)30(2,3)4;1-7-14(5,8-2)12(16)11-13(17)15(6,9-3)10-4;/h5-14,16-17H,1-4H3;11,16H,7-10H2,1-6H3;/q-1;;/b;12-11-;.